The van der Waals surface area contributed by atoms with Crippen LogP contribution in [0.15, 0.2) is 78.6 Å². The molecule has 0 atom stereocenters. The first-order valence-corrected chi connectivity index (χ1v) is 9.99. The zero-order chi connectivity index (χ0) is 19.9. The van der Waals surface area contributed by atoms with Crippen LogP contribution in [0.5, 0.6) is 0 Å². The molecule has 0 spiro atoms. The first-order chi connectivity index (χ1) is 14.3. The Balaban J connectivity index is 1.40. The zero-order valence-electron chi connectivity index (χ0n) is 15.6. The molecule has 4 rings (SSSR count). The van der Waals surface area contributed by atoms with E-state index in [9.17, 15) is 4.79 Å². The number of rotatable bonds is 5. The van der Waals surface area contributed by atoms with Gasteiger partial charge in [-0.2, -0.15) is 0 Å². The fourth-order valence-corrected chi connectivity index (χ4v) is 3.54. The number of hydrogen-bond acceptors (Lipinski definition) is 4. The molecule has 1 aromatic carbocycles. The van der Waals surface area contributed by atoms with Crippen molar-refractivity contribution < 1.29 is 4.79 Å². The van der Waals surface area contributed by atoms with Crippen LogP contribution in [0.4, 0.5) is 5.13 Å². The number of amides is 1. The average Bonchev–Trinajstić information content (AvgIpc) is 3.39. The summed E-state index contributed by atoms with van der Waals surface area (Å²) in [5.74, 6) is 5.97. The van der Waals surface area contributed by atoms with Gasteiger partial charge in [0.15, 0.2) is 5.13 Å². The average molecular weight is 398 g/mol. The van der Waals surface area contributed by atoms with Gasteiger partial charge >= 0.3 is 0 Å². The Kier molecular flexibility index (Phi) is 5.79. The molecule has 0 aliphatic carbocycles. The van der Waals surface area contributed by atoms with Crippen molar-refractivity contribution in [1.29, 1.82) is 0 Å². The van der Waals surface area contributed by atoms with Crippen LogP contribution in [0.1, 0.15) is 27.3 Å². The van der Waals surface area contributed by atoms with Crippen molar-refractivity contribution in [2.24, 2.45) is 0 Å². The predicted molar refractivity (Wildman–Crippen MR) is 115 cm³/mol. The minimum atomic E-state index is -0.193. The van der Waals surface area contributed by atoms with E-state index in [0.29, 0.717) is 17.4 Å². The third-order valence-corrected chi connectivity index (χ3v) is 5.03. The van der Waals surface area contributed by atoms with Gasteiger partial charge in [0.05, 0.1) is 12.2 Å². The highest BCUT2D eigenvalue weighted by Gasteiger charge is 2.13. The minimum absolute atomic E-state index is 0.193. The number of carbonyl (C=O) groups is 1. The van der Waals surface area contributed by atoms with Gasteiger partial charge in [0.25, 0.3) is 5.91 Å². The molecule has 0 fully saturated rings. The van der Waals surface area contributed by atoms with Gasteiger partial charge in [0, 0.05) is 36.0 Å². The summed E-state index contributed by atoms with van der Waals surface area (Å²) >= 11 is 1.43. The van der Waals surface area contributed by atoms with Gasteiger partial charge < -0.3 is 4.57 Å². The third kappa shape index (κ3) is 4.98. The number of nitrogens with one attached hydrogen (secondary N) is 1. The van der Waals surface area contributed by atoms with Gasteiger partial charge in [-0.3, -0.25) is 15.1 Å². The quantitative estimate of drug-likeness (QED) is 0.512. The number of thiazole rings is 1. The van der Waals surface area contributed by atoms with E-state index in [0.717, 1.165) is 17.7 Å². The molecule has 1 N–H and O–H groups in total. The molecule has 0 aliphatic heterocycles. The Bertz CT molecular complexity index is 1150. The van der Waals surface area contributed by atoms with Crippen molar-refractivity contribution in [2.45, 2.75) is 13.0 Å². The van der Waals surface area contributed by atoms with E-state index in [1.54, 1.807) is 18.5 Å². The molecule has 0 saturated heterocycles. The lowest BCUT2D eigenvalue weighted by molar-refractivity contribution is 0.101. The van der Waals surface area contributed by atoms with Crippen molar-refractivity contribution in [3.05, 3.63) is 101 Å². The monoisotopic (exact) mass is 398 g/mol. The zero-order valence-corrected chi connectivity index (χ0v) is 16.4. The Morgan fingerprint density at radius 1 is 1.07 bits per heavy atom. The number of carbonyl (C=O) groups excluding carboxylic acids is 1. The molecule has 6 heteroatoms. The molecule has 0 aliphatic rings. The van der Waals surface area contributed by atoms with Crippen LogP contribution in [-0.4, -0.2) is 20.4 Å². The van der Waals surface area contributed by atoms with Crippen LogP contribution < -0.4 is 5.32 Å². The minimum Gasteiger partial charge on any atom is -0.332 e. The highest BCUT2D eigenvalue weighted by molar-refractivity contribution is 7.14. The largest absolute Gasteiger partial charge is 0.332 e. The lowest BCUT2D eigenvalue weighted by Gasteiger charge is -2.05. The number of benzene rings is 1. The number of hydrogen-bond donors (Lipinski definition) is 1. The van der Waals surface area contributed by atoms with Crippen molar-refractivity contribution in [3.8, 4) is 11.8 Å². The normalized spacial score (nSPS) is 10.2. The Labute approximate surface area is 173 Å². The van der Waals surface area contributed by atoms with Gasteiger partial charge in [-0.05, 0) is 29.8 Å². The predicted octanol–water partition coefficient (Wildman–Crippen LogP) is 4.23. The van der Waals surface area contributed by atoms with E-state index < -0.39 is 0 Å². The van der Waals surface area contributed by atoms with E-state index in [1.807, 2.05) is 52.5 Å². The smallest absolute Gasteiger partial charge is 0.274 e. The van der Waals surface area contributed by atoms with Gasteiger partial charge in [0.2, 0.25) is 0 Å². The summed E-state index contributed by atoms with van der Waals surface area (Å²) in [4.78, 5) is 21.2. The van der Waals surface area contributed by atoms with Crippen molar-refractivity contribution >= 4 is 22.4 Å². The summed E-state index contributed by atoms with van der Waals surface area (Å²) in [7, 11) is 0. The van der Waals surface area contributed by atoms with Crippen LogP contribution in [0, 0.1) is 11.8 Å². The highest BCUT2D eigenvalue weighted by atomic mass is 32.1. The molecular weight excluding hydrogens is 380 g/mol. The topological polar surface area (TPSA) is 59.8 Å². The van der Waals surface area contributed by atoms with Gasteiger partial charge in [0.1, 0.15) is 5.69 Å². The van der Waals surface area contributed by atoms with Crippen LogP contribution in [0.2, 0.25) is 0 Å². The number of pyridine rings is 1. The standard InChI is InChI=1S/C23H18N4OS/c28-22(26-23-25-20(17-29-23)16-19-6-2-1-3-7-19)21-9-5-15-27(21)14-4-8-18-10-12-24-13-11-18/h1-3,5-7,9-13,15,17H,14,16H2,(H,25,26,28). The molecule has 0 radical (unpaired) electrons. The molecule has 29 heavy (non-hydrogen) atoms. The van der Waals surface area contributed by atoms with E-state index in [-0.39, 0.29) is 5.91 Å². The number of nitrogens with zero attached hydrogens (tertiary/aromatic N) is 3. The summed E-state index contributed by atoms with van der Waals surface area (Å²) in [6.07, 6.45) is 6.00. The molecule has 1 amide bonds. The first kappa shape index (κ1) is 18.7. The third-order valence-electron chi connectivity index (χ3n) is 4.22. The van der Waals surface area contributed by atoms with E-state index in [4.69, 9.17) is 0 Å². The number of aromatic nitrogens is 3. The maximum absolute atomic E-state index is 12.7. The van der Waals surface area contributed by atoms with Gasteiger partial charge in [-0.25, -0.2) is 4.98 Å². The highest BCUT2D eigenvalue weighted by Crippen LogP contribution is 2.19. The summed E-state index contributed by atoms with van der Waals surface area (Å²) in [5, 5.41) is 5.46. The second-order valence-electron chi connectivity index (χ2n) is 6.32. The van der Waals surface area contributed by atoms with E-state index in [1.165, 1.54) is 16.9 Å². The lowest BCUT2D eigenvalue weighted by atomic mass is 10.1. The second-order valence-corrected chi connectivity index (χ2v) is 7.18. The van der Waals surface area contributed by atoms with Crippen LogP contribution in [0.3, 0.4) is 0 Å². The maximum atomic E-state index is 12.7. The van der Waals surface area contributed by atoms with Crippen LogP contribution >= 0.6 is 11.3 Å². The van der Waals surface area contributed by atoms with E-state index >= 15 is 0 Å². The summed E-state index contributed by atoms with van der Waals surface area (Å²) in [6, 6.07) is 17.5. The molecule has 142 valence electrons. The molecule has 3 aromatic heterocycles. The van der Waals surface area contributed by atoms with Crippen molar-refractivity contribution in [3.63, 3.8) is 0 Å². The van der Waals surface area contributed by atoms with Crippen molar-refractivity contribution in [1.82, 2.24) is 14.5 Å². The van der Waals surface area contributed by atoms with Crippen LogP contribution in [0.25, 0.3) is 0 Å². The Morgan fingerprint density at radius 3 is 2.72 bits per heavy atom. The molecular formula is C23H18N4OS. The lowest BCUT2D eigenvalue weighted by Crippen LogP contribution is -2.16. The SMILES string of the molecule is O=C(Nc1nc(Cc2ccccc2)cs1)c1cccn1CC#Cc1ccncc1. The maximum Gasteiger partial charge on any atom is 0.274 e. The Morgan fingerprint density at radius 2 is 1.90 bits per heavy atom. The second kappa shape index (κ2) is 9.00. The first-order valence-electron chi connectivity index (χ1n) is 9.11. The molecule has 5 nitrogen and oxygen atoms in total. The Hall–Kier alpha value is -3.69. The summed E-state index contributed by atoms with van der Waals surface area (Å²) in [5.41, 5.74) is 3.58. The summed E-state index contributed by atoms with van der Waals surface area (Å²) in [6.45, 7) is 0.426. The molecule has 0 unspecified atom stereocenters. The molecule has 0 bridgehead atoms. The molecule has 0 saturated carbocycles. The van der Waals surface area contributed by atoms with Crippen molar-refractivity contribution in [2.75, 3.05) is 5.32 Å². The molecule has 3 heterocycles. The van der Waals surface area contributed by atoms with E-state index in [2.05, 4.69) is 39.3 Å². The summed E-state index contributed by atoms with van der Waals surface area (Å²) < 4.78 is 1.82. The fraction of sp³-hybridized carbons (Fsp3) is 0.0870. The molecule has 4 aromatic rings. The van der Waals surface area contributed by atoms with Crippen LogP contribution in [-0.2, 0) is 13.0 Å². The van der Waals surface area contributed by atoms with Gasteiger partial charge in [-0.15, -0.1) is 11.3 Å². The van der Waals surface area contributed by atoms with Gasteiger partial charge in [-0.1, -0.05) is 42.2 Å². The number of anilines is 1. The fourth-order valence-electron chi connectivity index (χ4n) is 2.83.